The second-order valence-corrected chi connectivity index (χ2v) is 22.8. The fraction of sp³-hybridized carbons (Fsp3) is 0.941. The molecule has 7 aliphatic heterocycles. The molecule has 0 aromatic carbocycles. The van der Waals surface area contributed by atoms with Gasteiger partial charge < -0.3 is 184 Å². The molecule has 0 spiro atoms. The molecule has 0 aromatic heterocycles. The summed E-state index contributed by atoms with van der Waals surface area (Å²) in [5.41, 5.74) is 0. The zero-order valence-corrected chi connectivity index (χ0v) is 49.6. The maximum absolute atomic E-state index is 13.1. The van der Waals surface area contributed by atoms with E-state index in [0.717, 1.165) is 28.1 Å². The number of aliphatic hydroxyl groups is 18. The fourth-order valence-electron chi connectivity index (χ4n) is 12.0. The molecule has 0 bridgehead atoms. The van der Waals surface area contributed by atoms with Gasteiger partial charge in [0.2, 0.25) is 11.8 Å². The molecule has 35 atom stereocenters. The lowest BCUT2D eigenvalue weighted by atomic mass is 9.89. The number of carbonyl (C=O) groups is 3. The van der Waals surface area contributed by atoms with E-state index in [1.165, 1.54) is 7.05 Å². The maximum atomic E-state index is 13.1. The third-order valence-electron chi connectivity index (χ3n) is 16.7. The highest BCUT2D eigenvalue weighted by Crippen LogP contribution is 2.41. The molecule has 14 unspecified atom stereocenters. The second-order valence-electron chi connectivity index (χ2n) is 22.8. The van der Waals surface area contributed by atoms with Crippen LogP contribution in [0.15, 0.2) is 0 Å². The number of hydrogen-bond acceptors (Lipinski definition) is 37. The molecule has 7 rings (SSSR count). The Morgan fingerprint density at radius 1 is 0.451 bits per heavy atom. The topological polar surface area (TPSA) is 610 Å². The van der Waals surface area contributed by atoms with Crippen molar-refractivity contribution in [3.05, 3.63) is 0 Å². The minimum atomic E-state index is -3.05. The Morgan fingerprint density at radius 3 is 1.34 bits per heavy atom. The highest BCUT2D eigenvalue weighted by molar-refractivity contribution is 5.76. The van der Waals surface area contributed by atoms with Crippen molar-refractivity contribution in [3.63, 3.8) is 0 Å². The smallest absolute Gasteiger partial charge is 0.364 e. The van der Waals surface area contributed by atoms with Gasteiger partial charge in [-0.05, 0) is 7.05 Å². The first-order valence-electron chi connectivity index (χ1n) is 29.0. The number of carbonyl (C=O) groups excluding carboxylic acids is 2. The highest BCUT2D eigenvalue weighted by atomic mass is 16.8. The van der Waals surface area contributed by atoms with E-state index < -0.39 is 278 Å². The molecular formula is C51H87N3O37. The molecule has 7 aliphatic rings. The number of nitrogens with one attached hydrogen (secondary N) is 3. The van der Waals surface area contributed by atoms with Crippen molar-refractivity contribution < 1.29 is 182 Å². The number of hydrogen-bond donors (Lipinski definition) is 22. The molecule has 0 aliphatic carbocycles. The summed E-state index contributed by atoms with van der Waals surface area (Å²) in [6.07, 6.45) is -63.3. The predicted molar refractivity (Wildman–Crippen MR) is 283 cm³/mol. The third kappa shape index (κ3) is 16.2. The van der Waals surface area contributed by atoms with E-state index in [-0.39, 0.29) is 6.54 Å². The molecule has 7 fully saturated rings. The number of carboxylic acid groups (broad SMARTS) is 1. The van der Waals surface area contributed by atoms with Crippen LogP contribution in [0.1, 0.15) is 20.3 Å². The van der Waals surface area contributed by atoms with Crippen LogP contribution in [0.5, 0.6) is 0 Å². The standard InChI is InChI=1S/C51H87N3O37/c1-14(61)53-24-16(63)6-51(50(75)76,90-36(24)17(64)7-52-3)91-41-27(66)19(9-56)80-47(33(41)72)85-37-20(10-57)81-44(25(28(37)67)54-15(2)62)88-42-34(73)49(83-22(12-59)39(42)77-4)87-40-23(13-60)84-48(86-38-21(11-58)82-45(78-5)32(71)30(38)69)35(74)43(40)89-46-31(70)29(68)26(65)18(8-55)79-46/h16-49,52,55-60,63-74H,6-13H2,1-5H3,(H,53,61)(H,54,62)(H,75,76)/t16-,17?,18?,19?,20?,21?,22?,23?,24+,25+,26-,27+,28?,29?,30?,31+,32+,33+,34?,35+,36?,37-,38-,39-,40+,41?,42-,43?,44+,45-,46+,47+,48+,49-,51-/m1/s1. The monoisotopic (exact) mass is 1330 g/mol. The molecule has 0 radical (unpaired) electrons. The van der Waals surface area contributed by atoms with Crippen molar-refractivity contribution in [2.24, 2.45) is 0 Å². The lowest BCUT2D eigenvalue weighted by Gasteiger charge is -2.52. The highest BCUT2D eigenvalue weighted by Gasteiger charge is 2.62. The van der Waals surface area contributed by atoms with Gasteiger partial charge in [0.05, 0.1) is 57.9 Å². The number of rotatable bonds is 26. The number of amides is 2. The van der Waals surface area contributed by atoms with Crippen LogP contribution in [0, 0.1) is 0 Å². The van der Waals surface area contributed by atoms with Gasteiger partial charge in [-0.25, -0.2) is 4.79 Å². The average molecular weight is 1330 g/mol. The van der Waals surface area contributed by atoms with Gasteiger partial charge in [0.1, 0.15) is 153 Å². The van der Waals surface area contributed by atoms with Gasteiger partial charge in [0.15, 0.2) is 37.7 Å². The van der Waals surface area contributed by atoms with Crippen molar-refractivity contribution in [2.45, 2.75) is 235 Å². The molecule has 0 saturated carbocycles. The van der Waals surface area contributed by atoms with Crippen LogP contribution in [0.4, 0.5) is 0 Å². The normalized spacial score (nSPS) is 47.7. The van der Waals surface area contributed by atoms with Crippen molar-refractivity contribution >= 4 is 17.8 Å². The van der Waals surface area contributed by atoms with Gasteiger partial charge in [-0.15, -0.1) is 0 Å². The Hall–Kier alpha value is -2.95. The number of carboxylic acids is 1. The molecule has 91 heavy (non-hydrogen) atoms. The number of likely N-dealkylation sites (N-methyl/N-ethyl adjacent to an activating group) is 1. The van der Waals surface area contributed by atoms with E-state index in [1.807, 2.05) is 0 Å². The van der Waals surface area contributed by atoms with Crippen molar-refractivity contribution in [3.8, 4) is 0 Å². The molecule has 40 heteroatoms. The Morgan fingerprint density at radius 2 is 0.846 bits per heavy atom. The van der Waals surface area contributed by atoms with Crippen molar-refractivity contribution in [1.29, 1.82) is 0 Å². The molecule has 0 aromatic rings. The minimum Gasteiger partial charge on any atom is -0.477 e. The largest absolute Gasteiger partial charge is 0.477 e. The van der Waals surface area contributed by atoms with Gasteiger partial charge in [-0.3, -0.25) is 9.59 Å². The van der Waals surface area contributed by atoms with E-state index in [1.54, 1.807) is 0 Å². The van der Waals surface area contributed by atoms with Gasteiger partial charge >= 0.3 is 5.97 Å². The minimum absolute atomic E-state index is 0.288. The Labute approximate surface area is 517 Å². The zero-order chi connectivity index (χ0) is 67.2. The Balaban J connectivity index is 1.16. The first-order valence-corrected chi connectivity index (χ1v) is 29.0. The van der Waals surface area contributed by atoms with Gasteiger partial charge in [-0.2, -0.15) is 0 Å². The number of aliphatic carboxylic acids is 1. The van der Waals surface area contributed by atoms with E-state index >= 15 is 0 Å². The van der Waals surface area contributed by atoms with Crippen molar-refractivity contribution in [1.82, 2.24) is 16.0 Å². The summed E-state index contributed by atoms with van der Waals surface area (Å²) in [6, 6.07) is -3.32. The fourth-order valence-corrected chi connectivity index (χ4v) is 12.0. The van der Waals surface area contributed by atoms with E-state index in [4.69, 9.17) is 71.1 Å². The van der Waals surface area contributed by atoms with E-state index in [9.17, 15) is 111 Å². The van der Waals surface area contributed by atoms with Crippen LogP contribution >= 0.6 is 0 Å². The Bertz CT molecular complexity index is 2290. The van der Waals surface area contributed by atoms with Gasteiger partial charge in [0.25, 0.3) is 5.79 Å². The number of methoxy groups -OCH3 is 2. The molecule has 40 nitrogen and oxygen atoms in total. The van der Waals surface area contributed by atoms with Gasteiger partial charge in [0, 0.05) is 41.0 Å². The first-order chi connectivity index (χ1) is 43.1. The lowest BCUT2D eigenvalue weighted by Crippen LogP contribution is -2.71. The second kappa shape index (κ2) is 32.9. The summed E-state index contributed by atoms with van der Waals surface area (Å²) in [6.45, 7) is -4.43. The van der Waals surface area contributed by atoms with E-state index in [2.05, 4.69) is 16.0 Å². The lowest BCUT2D eigenvalue weighted by molar-refractivity contribution is -0.405. The van der Waals surface area contributed by atoms with Crippen LogP contribution in [-0.2, 0) is 85.4 Å². The summed E-state index contributed by atoms with van der Waals surface area (Å²) < 4.78 is 87.2. The van der Waals surface area contributed by atoms with Crippen LogP contribution in [-0.4, -0.2) is 397 Å². The van der Waals surface area contributed by atoms with Crippen molar-refractivity contribution in [2.75, 3.05) is 67.5 Å². The van der Waals surface area contributed by atoms with E-state index in [0.29, 0.717) is 0 Å². The molecule has 7 saturated heterocycles. The maximum Gasteiger partial charge on any atom is 0.364 e. The van der Waals surface area contributed by atoms with Crippen LogP contribution < -0.4 is 16.0 Å². The molecular weight excluding hydrogens is 1250 g/mol. The molecule has 7 heterocycles. The SMILES string of the molecule is CNCC(O)C1O[C@](OC2[C@@H](O)C(CO)O[C@@H](O[C@@H]3C(CO)O[C@@H](O[C@@H]4C(O)[C@@H](O[C@H]5C(CO)O[C@@H](O[C@@H]6C(CO)O[C@@H](OC)[C@@H](O)C6O)[C@@H](O)C5O[C@@H]5OC(CO)[C@@H](O)C(O)[C@@H]5O)OC(CO)[C@H]4OC)[C@@H](NC(C)=O)C3O)[C@H]2O)(C(=O)O)C[C@@H](O)[C@@H]1NC(C)=O. The average Bonchev–Trinajstić information content (AvgIpc) is 0.799. The quantitative estimate of drug-likeness (QED) is 0.0382. The summed E-state index contributed by atoms with van der Waals surface area (Å²) in [7, 11) is 3.61. The number of ether oxygens (including phenoxy) is 15. The third-order valence-corrected chi connectivity index (χ3v) is 16.7. The molecule has 22 N–H and O–H groups in total. The first kappa shape index (κ1) is 75.4. The van der Waals surface area contributed by atoms with Crippen LogP contribution in [0.3, 0.4) is 0 Å². The molecule has 528 valence electrons. The summed E-state index contributed by atoms with van der Waals surface area (Å²) in [4.78, 5) is 38.2. The summed E-state index contributed by atoms with van der Waals surface area (Å²) in [5, 5.41) is 217. The predicted octanol–water partition coefficient (Wildman–Crippen LogP) is -14.6. The number of aliphatic hydroxyl groups excluding tert-OH is 18. The van der Waals surface area contributed by atoms with Gasteiger partial charge in [-0.1, -0.05) is 0 Å². The van der Waals surface area contributed by atoms with Crippen LogP contribution in [0.25, 0.3) is 0 Å². The zero-order valence-electron chi connectivity index (χ0n) is 49.6. The van der Waals surface area contributed by atoms with Crippen LogP contribution in [0.2, 0.25) is 0 Å². The summed E-state index contributed by atoms with van der Waals surface area (Å²) in [5.74, 6) is -6.63. The summed E-state index contributed by atoms with van der Waals surface area (Å²) >= 11 is 0. The Kier molecular flexibility index (Phi) is 27.2. The molecule has 2 amide bonds.